The lowest BCUT2D eigenvalue weighted by atomic mass is 10.1. The Morgan fingerprint density at radius 3 is 2.47 bits per heavy atom. The molecular formula is C15H23N3O. The van der Waals surface area contributed by atoms with E-state index in [2.05, 4.69) is 27.3 Å². The van der Waals surface area contributed by atoms with Crippen LogP contribution in [0.25, 0.3) is 0 Å². The van der Waals surface area contributed by atoms with Crippen molar-refractivity contribution in [1.29, 1.82) is 0 Å². The molecule has 0 aliphatic carbocycles. The average molecular weight is 261 g/mol. The first-order valence-corrected chi connectivity index (χ1v) is 7.44. The number of nitrogens with zero attached hydrogens (tertiary/aromatic N) is 2. The Morgan fingerprint density at radius 1 is 1.05 bits per heavy atom. The second-order valence-electron chi connectivity index (χ2n) is 5.46. The van der Waals surface area contributed by atoms with Gasteiger partial charge in [0.2, 0.25) is 0 Å². The topological polar surface area (TPSA) is 37.4 Å². The molecule has 0 atom stereocenters. The summed E-state index contributed by atoms with van der Waals surface area (Å²) >= 11 is 0. The molecule has 4 nitrogen and oxygen atoms in total. The second-order valence-corrected chi connectivity index (χ2v) is 5.46. The van der Waals surface area contributed by atoms with Crippen LogP contribution in [-0.2, 0) is 4.74 Å². The minimum absolute atomic E-state index is 0.447. The zero-order valence-corrected chi connectivity index (χ0v) is 11.4. The summed E-state index contributed by atoms with van der Waals surface area (Å²) in [6, 6.07) is 6.12. The molecule has 1 aromatic heterocycles. The van der Waals surface area contributed by atoms with E-state index in [-0.39, 0.29) is 0 Å². The van der Waals surface area contributed by atoms with E-state index in [1.807, 2.05) is 12.3 Å². The number of anilines is 1. The first kappa shape index (κ1) is 12.9. The predicted molar refractivity (Wildman–Crippen MR) is 76.4 cm³/mol. The van der Waals surface area contributed by atoms with E-state index in [1.54, 1.807) is 0 Å². The highest BCUT2D eigenvalue weighted by molar-refractivity contribution is 5.38. The second kappa shape index (κ2) is 6.35. The van der Waals surface area contributed by atoms with Gasteiger partial charge >= 0.3 is 0 Å². The van der Waals surface area contributed by atoms with E-state index < -0.39 is 0 Å². The molecule has 0 radical (unpaired) electrons. The van der Waals surface area contributed by atoms with Crippen LogP contribution in [-0.4, -0.2) is 43.4 Å². The van der Waals surface area contributed by atoms with Gasteiger partial charge in [-0.2, -0.15) is 0 Å². The van der Waals surface area contributed by atoms with E-state index in [9.17, 15) is 0 Å². The molecule has 3 heterocycles. The van der Waals surface area contributed by atoms with Gasteiger partial charge in [-0.1, -0.05) is 6.07 Å². The maximum atomic E-state index is 6.23. The van der Waals surface area contributed by atoms with Crippen LogP contribution in [0, 0.1) is 0 Å². The van der Waals surface area contributed by atoms with Crippen LogP contribution in [0.2, 0.25) is 0 Å². The number of piperidine rings is 2. The Hall–Kier alpha value is -1.13. The Morgan fingerprint density at radius 2 is 1.79 bits per heavy atom. The molecule has 0 aromatic carbocycles. The van der Waals surface area contributed by atoms with Gasteiger partial charge in [-0.05, 0) is 50.9 Å². The summed E-state index contributed by atoms with van der Waals surface area (Å²) in [6.45, 7) is 4.34. The summed E-state index contributed by atoms with van der Waals surface area (Å²) in [5.41, 5.74) is 0. The number of pyridine rings is 1. The van der Waals surface area contributed by atoms with Crippen molar-refractivity contribution >= 4 is 5.82 Å². The van der Waals surface area contributed by atoms with Gasteiger partial charge in [0.05, 0.1) is 12.2 Å². The molecule has 4 heteroatoms. The van der Waals surface area contributed by atoms with Crippen molar-refractivity contribution in [3.63, 3.8) is 0 Å². The maximum absolute atomic E-state index is 6.23. The van der Waals surface area contributed by atoms with Crippen LogP contribution in [0.5, 0.6) is 0 Å². The van der Waals surface area contributed by atoms with Crippen molar-refractivity contribution in [3.8, 4) is 0 Å². The van der Waals surface area contributed by atoms with E-state index in [0.29, 0.717) is 12.2 Å². The van der Waals surface area contributed by atoms with Crippen LogP contribution in [0.1, 0.15) is 25.7 Å². The quantitative estimate of drug-likeness (QED) is 0.900. The predicted octanol–water partition coefficient (Wildman–Crippen LogP) is 1.82. The lowest BCUT2D eigenvalue weighted by Crippen LogP contribution is -2.41. The molecule has 1 N–H and O–H groups in total. The molecule has 2 fully saturated rings. The first-order valence-electron chi connectivity index (χ1n) is 7.44. The summed E-state index contributed by atoms with van der Waals surface area (Å²) in [6.07, 6.45) is 7.38. The molecule has 0 amide bonds. The smallest absolute Gasteiger partial charge is 0.128 e. The van der Waals surface area contributed by atoms with E-state index in [4.69, 9.17) is 4.74 Å². The van der Waals surface area contributed by atoms with Gasteiger partial charge in [-0.15, -0.1) is 0 Å². The van der Waals surface area contributed by atoms with Crippen molar-refractivity contribution < 1.29 is 4.74 Å². The van der Waals surface area contributed by atoms with Crippen molar-refractivity contribution in [2.24, 2.45) is 0 Å². The van der Waals surface area contributed by atoms with Crippen molar-refractivity contribution in [2.45, 2.75) is 37.9 Å². The van der Waals surface area contributed by atoms with Crippen LogP contribution < -0.4 is 10.2 Å². The van der Waals surface area contributed by atoms with Gasteiger partial charge in [-0.3, -0.25) is 0 Å². The van der Waals surface area contributed by atoms with Gasteiger partial charge in [-0.25, -0.2) is 4.98 Å². The zero-order chi connectivity index (χ0) is 12.9. The van der Waals surface area contributed by atoms with Crippen molar-refractivity contribution in [3.05, 3.63) is 24.4 Å². The van der Waals surface area contributed by atoms with Gasteiger partial charge in [0.1, 0.15) is 5.82 Å². The number of nitrogens with one attached hydrogen (secondary N) is 1. The van der Waals surface area contributed by atoms with Crippen LogP contribution in [0.3, 0.4) is 0 Å². The molecule has 0 unspecified atom stereocenters. The van der Waals surface area contributed by atoms with E-state index in [0.717, 1.165) is 44.8 Å². The lowest BCUT2D eigenvalue weighted by Gasteiger charge is -2.35. The minimum Gasteiger partial charge on any atom is -0.375 e. The average Bonchev–Trinajstić information content (AvgIpc) is 2.50. The third-order valence-corrected chi connectivity index (χ3v) is 4.09. The minimum atomic E-state index is 0.447. The normalized spacial score (nSPS) is 22.6. The zero-order valence-electron chi connectivity index (χ0n) is 11.4. The summed E-state index contributed by atoms with van der Waals surface area (Å²) in [7, 11) is 0. The Labute approximate surface area is 115 Å². The van der Waals surface area contributed by atoms with E-state index in [1.165, 1.54) is 12.8 Å². The monoisotopic (exact) mass is 261 g/mol. The standard InChI is InChI=1S/C15H23N3O/c1-2-8-17-15(3-1)18-11-6-14(7-12-18)19-13-4-9-16-10-5-13/h1-3,8,13-14,16H,4-7,9-12H2. The molecule has 0 spiro atoms. The summed E-state index contributed by atoms with van der Waals surface area (Å²) in [5.74, 6) is 1.10. The van der Waals surface area contributed by atoms with Gasteiger partial charge < -0.3 is 15.0 Å². The van der Waals surface area contributed by atoms with Crippen molar-refractivity contribution in [1.82, 2.24) is 10.3 Å². The van der Waals surface area contributed by atoms with Gasteiger partial charge in [0, 0.05) is 19.3 Å². The highest BCUT2D eigenvalue weighted by Crippen LogP contribution is 2.21. The van der Waals surface area contributed by atoms with Crippen LogP contribution in [0.4, 0.5) is 5.82 Å². The number of hydrogen-bond acceptors (Lipinski definition) is 4. The Balaban J connectivity index is 1.46. The largest absolute Gasteiger partial charge is 0.375 e. The van der Waals surface area contributed by atoms with E-state index >= 15 is 0 Å². The molecule has 3 rings (SSSR count). The summed E-state index contributed by atoms with van der Waals surface area (Å²) in [4.78, 5) is 6.78. The number of ether oxygens (including phenoxy) is 1. The number of rotatable bonds is 3. The van der Waals surface area contributed by atoms with Gasteiger partial charge in [0.15, 0.2) is 0 Å². The first-order chi connectivity index (χ1) is 9.42. The Bertz CT molecular complexity index is 370. The maximum Gasteiger partial charge on any atom is 0.128 e. The third-order valence-electron chi connectivity index (χ3n) is 4.09. The fraction of sp³-hybridized carbons (Fsp3) is 0.667. The molecular weight excluding hydrogens is 238 g/mol. The summed E-state index contributed by atoms with van der Waals surface area (Å²) < 4.78 is 6.23. The highest BCUT2D eigenvalue weighted by atomic mass is 16.5. The van der Waals surface area contributed by atoms with Gasteiger partial charge in [0.25, 0.3) is 0 Å². The molecule has 2 saturated heterocycles. The SMILES string of the molecule is c1ccc(N2CCC(OC3CCNCC3)CC2)nc1. The molecule has 19 heavy (non-hydrogen) atoms. The Kier molecular flexibility index (Phi) is 4.30. The number of hydrogen-bond donors (Lipinski definition) is 1. The molecule has 2 aliphatic heterocycles. The lowest BCUT2D eigenvalue weighted by molar-refractivity contribution is -0.0364. The number of aromatic nitrogens is 1. The third kappa shape index (κ3) is 3.45. The van der Waals surface area contributed by atoms with Crippen LogP contribution >= 0.6 is 0 Å². The fourth-order valence-electron chi connectivity index (χ4n) is 2.97. The molecule has 0 bridgehead atoms. The molecule has 1 aromatic rings. The fourth-order valence-corrected chi connectivity index (χ4v) is 2.97. The molecule has 2 aliphatic rings. The summed E-state index contributed by atoms with van der Waals surface area (Å²) in [5, 5.41) is 3.38. The van der Waals surface area contributed by atoms with Crippen LogP contribution in [0.15, 0.2) is 24.4 Å². The molecule has 104 valence electrons. The highest BCUT2D eigenvalue weighted by Gasteiger charge is 2.24. The molecule has 0 saturated carbocycles. The van der Waals surface area contributed by atoms with Crippen molar-refractivity contribution in [2.75, 3.05) is 31.1 Å².